The lowest BCUT2D eigenvalue weighted by Crippen LogP contribution is -2.18. The van der Waals surface area contributed by atoms with Gasteiger partial charge in [0, 0.05) is 17.0 Å². The predicted molar refractivity (Wildman–Crippen MR) is 89.1 cm³/mol. The summed E-state index contributed by atoms with van der Waals surface area (Å²) < 4.78 is 0. The SMILES string of the molecule is C/C(=N/NC(=O)c1cc2c(s1)CCC2)c1ccc([N+](=O)[O-])cc1. The minimum Gasteiger partial charge on any atom is -0.266 e. The quantitative estimate of drug-likeness (QED) is 0.530. The van der Waals surface area contributed by atoms with Crippen LogP contribution in [-0.2, 0) is 12.8 Å². The average Bonchev–Trinajstić information content (AvgIpc) is 3.14. The van der Waals surface area contributed by atoms with Crippen LogP contribution in [0.25, 0.3) is 0 Å². The summed E-state index contributed by atoms with van der Waals surface area (Å²) in [7, 11) is 0. The Balaban J connectivity index is 1.68. The highest BCUT2D eigenvalue weighted by Gasteiger charge is 2.18. The van der Waals surface area contributed by atoms with Gasteiger partial charge in [0.1, 0.15) is 0 Å². The number of nitrogens with one attached hydrogen (secondary N) is 1. The van der Waals surface area contributed by atoms with Crippen molar-refractivity contribution >= 4 is 28.6 Å². The standard InChI is InChI=1S/C16H15N3O3S/c1-10(11-5-7-13(8-6-11)19(21)22)17-18-16(20)15-9-12-3-2-4-14(12)23-15/h5-9H,2-4H2,1H3,(H,18,20)/b17-10-. The van der Waals surface area contributed by atoms with Crippen LogP contribution in [-0.4, -0.2) is 16.5 Å². The van der Waals surface area contributed by atoms with Crippen molar-refractivity contribution in [2.75, 3.05) is 0 Å². The van der Waals surface area contributed by atoms with Crippen LogP contribution in [0.4, 0.5) is 5.69 Å². The molecule has 1 amide bonds. The highest BCUT2D eigenvalue weighted by molar-refractivity contribution is 7.14. The fraction of sp³-hybridized carbons (Fsp3) is 0.250. The van der Waals surface area contributed by atoms with Crippen molar-refractivity contribution in [2.45, 2.75) is 26.2 Å². The van der Waals surface area contributed by atoms with Gasteiger partial charge in [-0.15, -0.1) is 11.3 Å². The first kappa shape index (κ1) is 15.4. The second-order valence-corrected chi connectivity index (χ2v) is 6.49. The van der Waals surface area contributed by atoms with Crippen molar-refractivity contribution in [2.24, 2.45) is 5.10 Å². The van der Waals surface area contributed by atoms with E-state index in [1.165, 1.54) is 40.3 Å². The summed E-state index contributed by atoms with van der Waals surface area (Å²) in [4.78, 5) is 24.3. The van der Waals surface area contributed by atoms with Crippen LogP contribution in [0.2, 0.25) is 0 Å². The number of carbonyl (C=O) groups is 1. The third-order valence-electron chi connectivity index (χ3n) is 3.79. The van der Waals surface area contributed by atoms with Crippen LogP contribution in [0.5, 0.6) is 0 Å². The van der Waals surface area contributed by atoms with Crippen LogP contribution in [0.1, 0.15) is 39.0 Å². The molecule has 118 valence electrons. The molecule has 1 N–H and O–H groups in total. The molecule has 0 aliphatic heterocycles. The first-order chi connectivity index (χ1) is 11.0. The molecular formula is C16H15N3O3S. The fourth-order valence-corrected chi connectivity index (χ4v) is 3.66. The van der Waals surface area contributed by atoms with E-state index in [1.807, 2.05) is 6.07 Å². The first-order valence-corrected chi connectivity index (χ1v) is 8.07. The van der Waals surface area contributed by atoms with Crippen molar-refractivity contribution in [1.29, 1.82) is 0 Å². The van der Waals surface area contributed by atoms with Gasteiger partial charge in [0.05, 0.1) is 15.5 Å². The number of rotatable bonds is 4. The maximum absolute atomic E-state index is 12.1. The maximum Gasteiger partial charge on any atom is 0.281 e. The van der Waals surface area contributed by atoms with E-state index in [9.17, 15) is 14.9 Å². The summed E-state index contributed by atoms with van der Waals surface area (Å²) in [5.41, 5.74) is 5.17. The van der Waals surface area contributed by atoms with E-state index in [1.54, 1.807) is 19.1 Å². The molecule has 6 nitrogen and oxygen atoms in total. The lowest BCUT2D eigenvalue weighted by atomic mass is 10.1. The van der Waals surface area contributed by atoms with Crippen LogP contribution in [0, 0.1) is 10.1 Å². The maximum atomic E-state index is 12.1. The molecule has 0 atom stereocenters. The smallest absolute Gasteiger partial charge is 0.266 e. The van der Waals surface area contributed by atoms with Crippen molar-refractivity contribution in [3.63, 3.8) is 0 Å². The predicted octanol–water partition coefficient (Wildman–Crippen LogP) is 3.30. The number of hydrogen-bond donors (Lipinski definition) is 1. The molecule has 7 heteroatoms. The minimum absolute atomic E-state index is 0.0266. The fourth-order valence-electron chi connectivity index (χ4n) is 2.52. The van der Waals surface area contributed by atoms with Gasteiger partial charge in [-0.1, -0.05) is 0 Å². The number of nitro benzene ring substituents is 1. The Morgan fingerprint density at radius 1 is 1.30 bits per heavy atom. The zero-order valence-electron chi connectivity index (χ0n) is 12.5. The molecule has 0 saturated heterocycles. The van der Waals surface area contributed by atoms with Gasteiger partial charge in [-0.05, 0) is 55.5 Å². The number of thiophene rings is 1. The Kier molecular flexibility index (Phi) is 4.20. The topological polar surface area (TPSA) is 84.6 Å². The number of fused-ring (bicyclic) bond motifs is 1. The third-order valence-corrected chi connectivity index (χ3v) is 5.03. The minimum atomic E-state index is -0.450. The number of nitrogens with zero attached hydrogens (tertiary/aromatic N) is 2. The van der Waals surface area contributed by atoms with E-state index in [0.29, 0.717) is 10.6 Å². The summed E-state index contributed by atoms with van der Waals surface area (Å²) in [5.74, 6) is -0.217. The molecule has 0 saturated carbocycles. The van der Waals surface area contributed by atoms with Crippen molar-refractivity contribution < 1.29 is 9.72 Å². The van der Waals surface area contributed by atoms with Crippen LogP contribution in [0.3, 0.4) is 0 Å². The number of hydrogen-bond acceptors (Lipinski definition) is 5. The van der Waals surface area contributed by atoms with E-state index in [0.717, 1.165) is 18.4 Å². The van der Waals surface area contributed by atoms with Gasteiger partial charge in [-0.2, -0.15) is 5.10 Å². The molecule has 1 aliphatic carbocycles. The average molecular weight is 329 g/mol. The van der Waals surface area contributed by atoms with Gasteiger partial charge < -0.3 is 0 Å². The van der Waals surface area contributed by atoms with Crippen LogP contribution >= 0.6 is 11.3 Å². The molecule has 1 aromatic heterocycles. The number of carbonyl (C=O) groups excluding carboxylic acids is 1. The second kappa shape index (κ2) is 6.29. The highest BCUT2D eigenvalue weighted by atomic mass is 32.1. The second-order valence-electron chi connectivity index (χ2n) is 5.35. The normalized spacial score (nSPS) is 13.7. The molecule has 0 unspecified atom stereocenters. The molecular weight excluding hydrogens is 314 g/mol. The molecule has 0 spiro atoms. The molecule has 23 heavy (non-hydrogen) atoms. The van der Waals surface area contributed by atoms with Crippen molar-refractivity contribution in [3.8, 4) is 0 Å². The van der Waals surface area contributed by atoms with Gasteiger partial charge in [0.15, 0.2) is 0 Å². The Morgan fingerprint density at radius 2 is 2.04 bits per heavy atom. The van der Waals surface area contributed by atoms with Gasteiger partial charge in [0.25, 0.3) is 11.6 Å². The molecule has 1 heterocycles. The van der Waals surface area contributed by atoms with E-state index in [2.05, 4.69) is 10.5 Å². The largest absolute Gasteiger partial charge is 0.281 e. The van der Waals surface area contributed by atoms with E-state index in [4.69, 9.17) is 0 Å². The first-order valence-electron chi connectivity index (χ1n) is 7.25. The van der Waals surface area contributed by atoms with Crippen molar-refractivity contribution in [1.82, 2.24) is 5.43 Å². The molecule has 3 rings (SSSR count). The number of aryl methyl sites for hydroxylation is 2. The zero-order chi connectivity index (χ0) is 16.4. The lowest BCUT2D eigenvalue weighted by Gasteiger charge is -2.02. The van der Waals surface area contributed by atoms with E-state index in [-0.39, 0.29) is 11.6 Å². The van der Waals surface area contributed by atoms with Gasteiger partial charge in [0.2, 0.25) is 0 Å². The van der Waals surface area contributed by atoms with E-state index >= 15 is 0 Å². The molecule has 1 aliphatic rings. The molecule has 0 radical (unpaired) electrons. The highest BCUT2D eigenvalue weighted by Crippen LogP contribution is 2.30. The summed E-state index contributed by atoms with van der Waals surface area (Å²) in [6, 6.07) is 8.00. The van der Waals surface area contributed by atoms with Gasteiger partial charge in [-0.3, -0.25) is 14.9 Å². The Morgan fingerprint density at radius 3 is 2.70 bits per heavy atom. The zero-order valence-corrected chi connectivity index (χ0v) is 13.4. The lowest BCUT2D eigenvalue weighted by molar-refractivity contribution is -0.384. The summed E-state index contributed by atoms with van der Waals surface area (Å²) in [6.45, 7) is 1.75. The Labute approximate surface area is 137 Å². The molecule has 1 aromatic carbocycles. The van der Waals surface area contributed by atoms with Crippen LogP contribution in [0.15, 0.2) is 35.4 Å². The number of non-ortho nitro benzene ring substituents is 1. The van der Waals surface area contributed by atoms with Gasteiger partial charge >= 0.3 is 0 Å². The third kappa shape index (κ3) is 3.29. The van der Waals surface area contributed by atoms with Crippen LogP contribution < -0.4 is 5.43 Å². The molecule has 2 aromatic rings. The molecule has 0 bridgehead atoms. The summed E-state index contributed by atoms with van der Waals surface area (Å²) >= 11 is 1.53. The summed E-state index contributed by atoms with van der Waals surface area (Å²) in [5, 5.41) is 14.7. The number of benzene rings is 1. The Hall–Kier alpha value is -2.54. The molecule has 0 fully saturated rings. The van der Waals surface area contributed by atoms with Gasteiger partial charge in [-0.25, -0.2) is 5.43 Å². The summed E-state index contributed by atoms with van der Waals surface area (Å²) in [6.07, 6.45) is 3.27. The Bertz CT molecular complexity index is 772. The van der Waals surface area contributed by atoms with Crippen molar-refractivity contribution in [3.05, 3.63) is 61.3 Å². The number of hydrazone groups is 1. The number of nitro groups is 1. The monoisotopic (exact) mass is 329 g/mol. The van der Waals surface area contributed by atoms with E-state index < -0.39 is 4.92 Å². The number of amides is 1.